The van der Waals surface area contributed by atoms with Gasteiger partial charge in [-0.05, 0) is 61.7 Å². The van der Waals surface area contributed by atoms with Crippen LogP contribution in [-0.2, 0) is 11.3 Å². The first kappa shape index (κ1) is 19.6. The Morgan fingerprint density at radius 2 is 1.86 bits per heavy atom. The van der Waals surface area contributed by atoms with Crippen LogP contribution < -0.4 is 5.32 Å². The summed E-state index contributed by atoms with van der Waals surface area (Å²) in [6.45, 7) is 6.88. The molecule has 150 valence electrons. The zero-order valence-corrected chi connectivity index (χ0v) is 17.3. The third-order valence-electron chi connectivity index (χ3n) is 5.78. The number of para-hydroxylation sites is 1. The number of benzene rings is 2. The molecule has 4 nitrogen and oxygen atoms in total. The van der Waals surface area contributed by atoms with Gasteiger partial charge in [-0.2, -0.15) is 0 Å². The van der Waals surface area contributed by atoms with Gasteiger partial charge in [0.15, 0.2) is 0 Å². The molecule has 2 aromatic carbocycles. The van der Waals surface area contributed by atoms with Crippen LogP contribution >= 0.6 is 0 Å². The first-order valence-electron chi connectivity index (χ1n) is 10.6. The molecule has 1 aromatic heterocycles. The van der Waals surface area contributed by atoms with Gasteiger partial charge >= 0.3 is 0 Å². The highest BCUT2D eigenvalue weighted by molar-refractivity contribution is 5.92. The van der Waals surface area contributed by atoms with Crippen molar-refractivity contribution in [2.24, 2.45) is 5.92 Å². The third-order valence-corrected chi connectivity index (χ3v) is 5.78. The van der Waals surface area contributed by atoms with Crippen molar-refractivity contribution in [3.63, 3.8) is 0 Å². The van der Waals surface area contributed by atoms with Gasteiger partial charge in [-0.3, -0.25) is 14.7 Å². The van der Waals surface area contributed by atoms with Crippen LogP contribution in [0.1, 0.15) is 43.9 Å². The lowest BCUT2D eigenvalue weighted by atomic mass is 9.89. The minimum Gasteiger partial charge on any atom is -0.326 e. The molecule has 1 aliphatic heterocycles. The molecular formula is C25H29N3O. The Morgan fingerprint density at radius 3 is 2.66 bits per heavy atom. The van der Waals surface area contributed by atoms with E-state index in [1.165, 1.54) is 10.9 Å². The summed E-state index contributed by atoms with van der Waals surface area (Å²) in [4.78, 5) is 19.3. The molecule has 0 spiro atoms. The van der Waals surface area contributed by atoms with Crippen molar-refractivity contribution in [1.29, 1.82) is 0 Å². The van der Waals surface area contributed by atoms with Gasteiger partial charge in [0.2, 0.25) is 5.91 Å². The molecule has 1 amide bonds. The topological polar surface area (TPSA) is 45.2 Å². The van der Waals surface area contributed by atoms with Crippen LogP contribution in [0.2, 0.25) is 0 Å². The number of hydrogen-bond acceptors (Lipinski definition) is 3. The number of hydrogen-bond donors (Lipinski definition) is 1. The van der Waals surface area contributed by atoms with Crippen molar-refractivity contribution >= 4 is 22.5 Å². The van der Waals surface area contributed by atoms with Crippen molar-refractivity contribution in [2.45, 2.75) is 39.2 Å². The van der Waals surface area contributed by atoms with Gasteiger partial charge in [0.25, 0.3) is 0 Å². The Kier molecular flexibility index (Phi) is 5.91. The number of amides is 1. The SMILES string of the molecule is CC(C)C(=O)Nc1cccc(C2CCN(Cc3ccc4ccccc4n3)CC2)c1. The maximum Gasteiger partial charge on any atom is 0.226 e. The summed E-state index contributed by atoms with van der Waals surface area (Å²) in [6, 6.07) is 21.0. The molecule has 0 atom stereocenters. The van der Waals surface area contributed by atoms with E-state index < -0.39 is 0 Å². The molecule has 1 N–H and O–H groups in total. The van der Waals surface area contributed by atoms with Crippen LogP contribution in [0.5, 0.6) is 0 Å². The molecule has 0 bridgehead atoms. The van der Waals surface area contributed by atoms with E-state index in [1.54, 1.807) is 0 Å². The van der Waals surface area contributed by atoms with E-state index in [0.29, 0.717) is 5.92 Å². The fourth-order valence-electron chi connectivity index (χ4n) is 4.01. The smallest absolute Gasteiger partial charge is 0.226 e. The van der Waals surface area contributed by atoms with Crippen LogP contribution in [0.25, 0.3) is 10.9 Å². The van der Waals surface area contributed by atoms with Gasteiger partial charge < -0.3 is 5.32 Å². The summed E-state index contributed by atoms with van der Waals surface area (Å²) >= 11 is 0. The van der Waals surface area contributed by atoms with E-state index in [-0.39, 0.29) is 11.8 Å². The summed E-state index contributed by atoms with van der Waals surface area (Å²) in [6.07, 6.45) is 2.27. The van der Waals surface area contributed by atoms with Crippen molar-refractivity contribution in [3.8, 4) is 0 Å². The van der Waals surface area contributed by atoms with Crippen molar-refractivity contribution in [3.05, 3.63) is 71.9 Å². The normalized spacial score (nSPS) is 15.7. The fourth-order valence-corrected chi connectivity index (χ4v) is 4.01. The van der Waals surface area contributed by atoms with E-state index in [4.69, 9.17) is 4.98 Å². The minimum atomic E-state index is -0.00869. The lowest BCUT2D eigenvalue weighted by Crippen LogP contribution is -2.32. The number of rotatable bonds is 5. The monoisotopic (exact) mass is 387 g/mol. The molecule has 4 rings (SSSR count). The molecule has 2 heterocycles. The van der Waals surface area contributed by atoms with Gasteiger partial charge in [-0.15, -0.1) is 0 Å². The average Bonchev–Trinajstić information content (AvgIpc) is 2.74. The van der Waals surface area contributed by atoms with Crippen molar-refractivity contribution in [2.75, 3.05) is 18.4 Å². The number of nitrogens with zero attached hydrogens (tertiary/aromatic N) is 2. The Bertz CT molecular complexity index is 990. The minimum absolute atomic E-state index is 0.00869. The Hall–Kier alpha value is -2.72. The lowest BCUT2D eigenvalue weighted by Gasteiger charge is -2.32. The Labute approximate surface area is 173 Å². The maximum atomic E-state index is 12.0. The number of fused-ring (bicyclic) bond motifs is 1. The maximum absolute atomic E-state index is 12.0. The highest BCUT2D eigenvalue weighted by Gasteiger charge is 2.21. The Balaban J connectivity index is 1.36. The number of aromatic nitrogens is 1. The highest BCUT2D eigenvalue weighted by atomic mass is 16.1. The van der Waals surface area contributed by atoms with E-state index in [0.717, 1.165) is 49.4 Å². The number of pyridine rings is 1. The summed E-state index contributed by atoms with van der Waals surface area (Å²) in [7, 11) is 0. The average molecular weight is 388 g/mol. The highest BCUT2D eigenvalue weighted by Crippen LogP contribution is 2.30. The molecule has 1 saturated heterocycles. The molecule has 0 radical (unpaired) electrons. The summed E-state index contributed by atoms with van der Waals surface area (Å²) in [5, 5.41) is 4.21. The Morgan fingerprint density at radius 1 is 1.07 bits per heavy atom. The van der Waals surface area contributed by atoms with Crippen molar-refractivity contribution in [1.82, 2.24) is 9.88 Å². The van der Waals surface area contributed by atoms with E-state index in [2.05, 4.69) is 58.7 Å². The second-order valence-electron chi connectivity index (χ2n) is 8.32. The number of anilines is 1. The van der Waals surface area contributed by atoms with Gasteiger partial charge in [0.05, 0.1) is 11.2 Å². The van der Waals surface area contributed by atoms with Crippen LogP contribution in [0.15, 0.2) is 60.7 Å². The van der Waals surface area contributed by atoms with Crippen LogP contribution in [0, 0.1) is 5.92 Å². The second kappa shape index (κ2) is 8.75. The first-order valence-corrected chi connectivity index (χ1v) is 10.6. The molecular weight excluding hydrogens is 358 g/mol. The number of nitrogens with one attached hydrogen (secondary N) is 1. The quantitative estimate of drug-likeness (QED) is 0.654. The largest absolute Gasteiger partial charge is 0.326 e. The molecule has 0 aliphatic carbocycles. The summed E-state index contributed by atoms with van der Waals surface area (Å²) in [5.74, 6) is 0.609. The molecule has 1 aliphatic rings. The number of likely N-dealkylation sites (tertiary alicyclic amines) is 1. The number of piperidine rings is 1. The van der Waals surface area contributed by atoms with Crippen LogP contribution in [0.3, 0.4) is 0 Å². The van der Waals surface area contributed by atoms with Gasteiger partial charge in [0, 0.05) is 23.5 Å². The standard InChI is InChI=1S/C25H29N3O/c1-18(2)25(29)27-22-8-5-7-21(16-22)19-12-14-28(15-13-19)17-23-11-10-20-6-3-4-9-24(20)26-23/h3-11,16,18-19H,12-15,17H2,1-2H3,(H,27,29). The van der Waals surface area contributed by atoms with E-state index in [9.17, 15) is 4.79 Å². The van der Waals surface area contributed by atoms with E-state index >= 15 is 0 Å². The summed E-state index contributed by atoms with van der Waals surface area (Å²) in [5.41, 5.74) is 4.44. The van der Waals surface area contributed by atoms with Crippen LogP contribution in [0.4, 0.5) is 5.69 Å². The lowest BCUT2D eigenvalue weighted by molar-refractivity contribution is -0.118. The first-order chi connectivity index (χ1) is 14.1. The molecule has 4 heteroatoms. The molecule has 1 fully saturated rings. The van der Waals surface area contributed by atoms with E-state index in [1.807, 2.05) is 26.0 Å². The van der Waals surface area contributed by atoms with Crippen LogP contribution in [-0.4, -0.2) is 28.9 Å². The molecule has 0 unspecified atom stereocenters. The van der Waals surface area contributed by atoms with Crippen molar-refractivity contribution < 1.29 is 4.79 Å². The number of carbonyl (C=O) groups is 1. The van der Waals surface area contributed by atoms with Gasteiger partial charge in [0.1, 0.15) is 0 Å². The fraction of sp³-hybridized carbons (Fsp3) is 0.360. The molecule has 3 aromatic rings. The van der Waals surface area contributed by atoms with Gasteiger partial charge in [-0.1, -0.05) is 50.2 Å². The van der Waals surface area contributed by atoms with Gasteiger partial charge in [-0.25, -0.2) is 0 Å². The molecule has 0 saturated carbocycles. The summed E-state index contributed by atoms with van der Waals surface area (Å²) < 4.78 is 0. The third kappa shape index (κ3) is 4.83. The number of carbonyl (C=O) groups excluding carboxylic acids is 1. The molecule has 29 heavy (non-hydrogen) atoms. The predicted octanol–water partition coefficient (Wildman–Crippen LogP) is 5.21. The second-order valence-corrected chi connectivity index (χ2v) is 8.32. The zero-order valence-electron chi connectivity index (χ0n) is 17.3. The zero-order chi connectivity index (χ0) is 20.2. The predicted molar refractivity (Wildman–Crippen MR) is 119 cm³/mol.